The number of fused-ring (bicyclic) bond motifs is 1. The summed E-state index contributed by atoms with van der Waals surface area (Å²) < 4.78 is 25.5. The molecule has 4 rings (SSSR count). The molecule has 3 aromatic heterocycles. The van der Waals surface area contributed by atoms with Crippen LogP contribution in [0.5, 0.6) is 11.5 Å². The molecule has 0 spiro atoms. The number of benzene rings is 1. The average Bonchev–Trinajstić information content (AvgIpc) is 3.10. The molecule has 0 saturated carbocycles. The molecule has 0 bridgehead atoms. The van der Waals surface area contributed by atoms with Crippen molar-refractivity contribution < 1.29 is 13.9 Å². The zero-order valence-corrected chi connectivity index (χ0v) is 14.0. The maximum absolute atomic E-state index is 12.9. The van der Waals surface area contributed by atoms with Crippen LogP contribution in [0.15, 0.2) is 61.2 Å². The predicted molar refractivity (Wildman–Crippen MR) is 93.5 cm³/mol. The zero-order valence-electron chi connectivity index (χ0n) is 14.0. The van der Waals surface area contributed by atoms with E-state index in [2.05, 4.69) is 15.0 Å². The number of halogens is 1. The van der Waals surface area contributed by atoms with E-state index in [0.717, 1.165) is 17.0 Å². The highest BCUT2D eigenvalue weighted by atomic mass is 19.1. The van der Waals surface area contributed by atoms with Crippen molar-refractivity contribution >= 4 is 5.78 Å². The number of hydrogen-bond acceptors (Lipinski definition) is 5. The van der Waals surface area contributed by atoms with E-state index in [1.807, 2.05) is 28.9 Å². The number of nitrogens with zero attached hydrogens (tertiary/aromatic N) is 4. The number of rotatable bonds is 5. The van der Waals surface area contributed by atoms with Crippen molar-refractivity contribution in [2.45, 2.75) is 6.61 Å². The first-order chi connectivity index (χ1) is 12.7. The Kier molecular flexibility index (Phi) is 4.18. The van der Waals surface area contributed by atoms with Gasteiger partial charge < -0.3 is 9.47 Å². The molecule has 0 fully saturated rings. The SMILES string of the molecule is COc1ccc(-c2cnc3nc(COc4ccc(F)cc4)cn3c2)nc1. The summed E-state index contributed by atoms with van der Waals surface area (Å²) in [4.78, 5) is 13.1. The first-order valence-corrected chi connectivity index (χ1v) is 7.94. The minimum atomic E-state index is -0.297. The molecular formula is C19H15FN4O2. The number of pyridine rings is 1. The largest absolute Gasteiger partial charge is 0.495 e. The van der Waals surface area contributed by atoms with Crippen LogP contribution >= 0.6 is 0 Å². The van der Waals surface area contributed by atoms with Gasteiger partial charge in [-0.1, -0.05) is 0 Å². The van der Waals surface area contributed by atoms with E-state index in [9.17, 15) is 4.39 Å². The van der Waals surface area contributed by atoms with Gasteiger partial charge in [-0.2, -0.15) is 0 Å². The van der Waals surface area contributed by atoms with Gasteiger partial charge in [-0.05, 0) is 36.4 Å². The summed E-state index contributed by atoms with van der Waals surface area (Å²) in [5.74, 6) is 1.55. The van der Waals surface area contributed by atoms with Gasteiger partial charge in [-0.25, -0.2) is 14.4 Å². The zero-order chi connectivity index (χ0) is 17.9. The molecule has 0 aliphatic rings. The van der Waals surface area contributed by atoms with Crippen LogP contribution in [0.25, 0.3) is 17.0 Å². The Morgan fingerprint density at radius 1 is 0.962 bits per heavy atom. The van der Waals surface area contributed by atoms with Gasteiger partial charge in [-0.15, -0.1) is 0 Å². The van der Waals surface area contributed by atoms with Crippen LogP contribution in [0.2, 0.25) is 0 Å². The van der Waals surface area contributed by atoms with Crippen LogP contribution in [-0.2, 0) is 6.61 Å². The Morgan fingerprint density at radius 3 is 2.50 bits per heavy atom. The quantitative estimate of drug-likeness (QED) is 0.551. The third-order valence-electron chi connectivity index (χ3n) is 3.83. The van der Waals surface area contributed by atoms with Crippen molar-refractivity contribution in [3.05, 3.63) is 72.7 Å². The molecule has 6 nitrogen and oxygen atoms in total. The lowest BCUT2D eigenvalue weighted by atomic mass is 10.2. The van der Waals surface area contributed by atoms with Gasteiger partial charge in [0, 0.05) is 24.2 Å². The number of imidazole rings is 1. The second kappa shape index (κ2) is 6.79. The molecule has 0 amide bonds. The van der Waals surface area contributed by atoms with Crippen LogP contribution < -0.4 is 9.47 Å². The Balaban J connectivity index is 1.54. The molecule has 0 radical (unpaired) electrons. The van der Waals surface area contributed by atoms with E-state index < -0.39 is 0 Å². The molecule has 7 heteroatoms. The summed E-state index contributed by atoms with van der Waals surface area (Å²) in [5.41, 5.74) is 2.38. The van der Waals surface area contributed by atoms with Gasteiger partial charge in [0.05, 0.1) is 24.7 Å². The van der Waals surface area contributed by atoms with Crippen LogP contribution in [-0.4, -0.2) is 26.5 Å². The molecule has 0 unspecified atom stereocenters. The Bertz CT molecular complexity index is 1030. The van der Waals surface area contributed by atoms with Crippen molar-refractivity contribution in [3.63, 3.8) is 0 Å². The van der Waals surface area contributed by atoms with Crippen LogP contribution in [0.3, 0.4) is 0 Å². The molecule has 1 aromatic carbocycles. The Hall–Kier alpha value is -3.48. The van der Waals surface area contributed by atoms with E-state index in [1.165, 1.54) is 12.1 Å². The molecule has 3 heterocycles. The number of hydrogen-bond donors (Lipinski definition) is 0. The molecule has 0 atom stereocenters. The summed E-state index contributed by atoms with van der Waals surface area (Å²) in [6.07, 6.45) is 7.14. The van der Waals surface area contributed by atoms with Crippen molar-refractivity contribution in [1.29, 1.82) is 0 Å². The highest BCUT2D eigenvalue weighted by Crippen LogP contribution is 2.19. The van der Waals surface area contributed by atoms with E-state index in [4.69, 9.17) is 9.47 Å². The predicted octanol–water partition coefficient (Wildman–Crippen LogP) is 3.52. The minimum Gasteiger partial charge on any atom is -0.495 e. The summed E-state index contributed by atoms with van der Waals surface area (Å²) >= 11 is 0. The van der Waals surface area contributed by atoms with Gasteiger partial charge in [-0.3, -0.25) is 9.38 Å². The highest BCUT2D eigenvalue weighted by molar-refractivity contribution is 5.58. The number of methoxy groups -OCH3 is 1. The lowest BCUT2D eigenvalue weighted by Gasteiger charge is -2.03. The summed E-state index contributed by atoms with van der Waals surface area (Å²) in [6.45, 7) is 0.269. The van der Waals surface area contributed by atoms with E-state index in [-0.39, 0.29) is 12.4 Å². The third kappa shape index (κ3) is 3.32. The van der Waals surface area contributed by atoms with Crippen molar-refractivity contribution in [2.75, 3.05) is 7.11 Å². The second-order valence-electron chi connectivity index (χ2n) is 5.61. The van der Waals surface area contributed by atoms with Crippen LogP contribution in [0.4, 0.5) is 4.39 Å². The van der Waals surface area contributed by atoms with Gasteiger partial charge >= 0.3 is 0 Å². The normalized spacial score (nSPS) is 10.8. The fourth-order valence-corrected chi connectivity index (χ4v) is 2.50. The molecule has 130 valence electrons. The smallest absolute Gasteiger partial charge is 0.234 e. The van der Waals surface area contributed by atoms with E-state index in [0.29, 0.717) is 17.3 Å². The average molecular weight is 350 g/mol. The summed E-state index contributed by atoms with van der Waals surface area (Å²) in [7, 11) is 1.60. The Morgan fingerprint density at radius 2 is 1.77 bits per heavy atom. The standard InChI is InChI=1S/C19H15FN4O2/c1-25-17-6-7-18(21-9-17)13-8-22-19-23-15(11-24(19)10-13)12-26-16-4-2-14(20)3-5-16/h2-11H,12H2,1H3. The second-order valence-corrected chi connectivity index (χ2v) is 5.61. The van der Waals surface area contributed by atoms with Gasteiger partial charge in [0.1, 0.15) is 23.9 Å². The van der Waals surface area contributed by atoms with Gasteiger partial charge in [0.15, 0.2) is 0 Å². The lowest BCUT2D eigenvalue weighted by molar-refractivity contribution is 0.301. The molecule has 4 aromatic rings. The number of aromatic nitrogens is 4. The van der Waals surface area contributed by atoms with Gasteiger partial charge in [0.2, 0.25) is 5.78 Å². The molecule has 0 aliphatic heterocycles. The molecule has 0 N–H and O–H groups in total. The molecular weight excluding hydrogens is 335 g/mol. The van der Waals surface area contributed by atoms with Crippen molar-refractivity contribution in [1.82, 2.24) is 19.4 Å². The third-order valence-corrected chi connectivity index (χ3v) is 3.83. The fraction of sp³-hybridized carbons (Fsp3) is 0.105. The van der Waals surface area contributed by atoms with E-state index >= 15 is 0 Å². The maximum atomic E-state index is 12.9. The van der Waals surface area contributed by atoms with Gasteiger partial charge in [0.25, 0.3) is 0 Å². The van der Waals surface area contributed by atoms with Crippen molar-refractivity contribution in [2.24, 2.45) is 0 Å². The fourth-order valence-electron chi connectivity index (χ4n) is 2.50. The summed E-state index contributed by atoms with van der Waals surface area (Å²) in [6, 6.07) is 9.59. The topological polar surface area (TPSA) is 61.5 Å². The number of ether oxygens (including phenoxy) is 2. The monoisotopic (exact) mass is 350 g/mol. The first-order valence-electron chi connectivity index (χ1n) is 7.94. The first kappa shape index (κ1) is 16.0. The van der Waals surface area contributed by atoms with E-state index in [1.54, 1.807) is 31.6 Å². The molecule has 26 heavy (non-hydrogen) atoms. The van der Waals surface area contributed by atoms with Crippen molar-refractivity contribution in [3.8, 4) is 22.8 Å². The molecule has 0 aliphatic carbocycles. The molecule has 0 saturated heterocycles. The lowest BCUT2D eigenvalue weighted by Crippen LogP contribution is -1.95. The van der Waals surface area contributed by atoms with Crippen LogP contribution in [0, 0.1) is 5.82 Å². The highest BCUT2D eigenvalue weighted by Gasteiger charge is 2.07. The summed E-state index contributed by atoms with van der Waals surface area (Å²) in [5, 5.41) is 0. The maximum Gasteiger partial charge on any atom is 0.234 e. The van der Waals surface area contributed by atoms with Crippen LogP contribution in [0.1, 0.15) is 5.69 Å². The minimum absolute atomic E-state index is 0.269. The Labute approximate surface area is 148 Å².